The lowest BCUT2D eigenvalue weighted by Crippen LogP contribution is -2.35. The summed E-state index contributed by atoms with van der Waals surface area (Å²) in [7, 11) is 0. The average molecular weight is 190 g/mol. The van der Waals surface area contributed by atoms with Crippen LogP contribution in [0.2, 0.25) is 0 Å². The Labute approximate surface area is 75.9 Å². The molecule has 0 spiro atoms. The van der Waals surface area contributed by atoms with Crippen molar-refractivity contribution in [2.24, 2.45) is 5.73 Å². The van der Waals surface area contributed by atoms with Gasteiger partial charge in [-0.25, -0.2) is 0 Å². The molecule has 6 nitrogen and oxygen atoms in total. The number of nitrogens with zero attached hydrogens (tertiary/aromatic N) is 1. The van der Waals surface area contributed by atoms with Crippen LogP contribution >= 0.6 is 0 Å². The highest BCUT2D eigenvalue weighted by Gasteiger charge is 2.09. The largest absolute Gasteiger partial charge is 0.481 e. The summed E-state index contributed by atoms with van der Waals surface area (Å²) in [5.41, 5.74) is 5.23. The van der Waals surface area contributed by atoms with E-state index >= 15 is 0 Å². The number of nitrogens with two attached hydrogens (primary N) is 1. The zero-order valence-electron chi connectivity index (χ0n) is 7.27. The summed E-state index contributed by atoms with van der Waals surface area (Å²) in [5, 5.41) is 16.8. The molecule has 0 aliphatic heterocycles. The van der Waals surface area contributed by atoms with Crippen molar-refractivity contribution in [2.45, 2.75) is 6.42 Å². The van der Waals surface area contributed by atoms with E-state index in [1.807, 2.05) is 0 Å². The Morgan fingerprint density at radius 3 is 2.15 bits per heavy atom. The molecular formula is C7H14N2O4. The maximum atomic E-state index is 10.3. The molecule has 0 aromatic rings. The van der Waals surface area contributed by atoms with Crippen LogP contribution in [0.25, 0.3) is 0 Å². The van der Waals surface area contributed by atoms with E-state index in [1.54, 1.807) is 0 Å². The van der Waals surface area contributed by atoms with Crippen molar-refractivity contribution < 1.29 is 19.8 Å². The third-order valence-electron chi connectivity index (χ3n) is 1.45. The van der Waals surface area contributed by atoms with Crippen molar-refractivity contribution in [3.05, 3.63) is 0 Å². The summed E-state index contributed by atoms with van der Waals surface area (Å²) in [6.07, 6.45) is -0.0622. The highest BCUT2D eigenvalue weighted by atomic mass is 16.4. The van der Waals surface area contributed by atoms with Crippen LogP contribution in [-0.2, 0) is 9.59 Å². The van der Waals surface area contributed by atoms with Crippen LogP contribution in [-0.4, -0.2) is 53.2 Å². The Bertz CT molecular complexity index is 183. The van der Waals surface area contributed by atoms with Gasteiger partial charge in [-0.3, -0.25) is 14.5 Å². The highest BCUT2D eigenvalue weighted by Crippen LogP contribution is 1.90. The number of carboxylic acid groups (broad SMARTS) is 2. The van der Waals surface area contributed by atoms with Gasteiger partial charge in [0.15, 0.2) is 0 Å². The van der Waals surface area contributed by atoms with Crippen molar-refractivity contribution in [2.75, 3.05) is 26.2 Å². The minimum atomic E-state index is -0.973. The van der Waals surface area contributed by atoms with Crippen molar-refractivity contribution in [1.82, 2.24) is 4.90 Å². The van der Waals surface area contributed by atoms with Gasteiger partial charge < -0.3 is 15.9 Å². The smallest absolute Gasteiger partial charge is 0.317 e. The normalized spacial score (nSPS) is 10.3. The van der Waals surface area contributed by atoms with Crippen molar-refractivity contribution in [3.8, 4) is 0 Å². The minimum Gasteiger partial charge on any atom is -0.481 e. The maximum absolute atomic E-state index is 10.3. The summed E-state index contributed by atoms with van der Waals surface area (Å²) in [6, 6.07) is 0. The second-order valence-electron chi connectivity index (χ2n) is 2.60. The van der Waals surface area contributed by atoms with Crippen LogP contribution in [0.1, 0.15) is 6.42 Å². The van der Waals surface area contributed by atoms with E-state index in [1.165, 1.54) is 4.90 Å². The lowest BCUT2D eigenvalue weighted by Gasteiger charge is -2.17. The van der Waals surface area contributed by atoms with Crippen LogP contribution in [0.15, 0.2) is 0 Å². The fraction of sp³-hybridized carbons (Fsp3) is 0.714. The number of hydrogen-bond donors (Lipinski definition) is 3. The molecule has 0 bridgehead atoms. The number of hydrogen-bond acceptors (Lipinski definition) is 4. The zero-order chi connectivity index (χ0) is 10.3. The van der Waals surface area contributed by atoms with Gasteiger partial charge >= 0.3 is 11.9 Å². The number of rotatable bonds is 7. The summed E-state index contributed by atoms with van der Waals surface area (Å²) in [4.78, 5) is 22.0. The Morgan fingerprint density at radius 1 is 1.15 bits per heavy atom. The third-order valence-corrected chi connectivity index (χ3v) is 1.45. The quantitative estimate of drug-likeness (QED) is 0.466. The van der Waals surface area contributed by atoms with Crippen LogP contribution in [0.3, 0.4) is 0 Å². The molecule has 76 valence electrons. The van der Waals surface area contributed by atoms with E-state index < -0.39 is 11.9 Å². The molecule has 0 unspecified atom stereocenters. The molecule has 13 heavy (non-hydrogen) atoms. The number of aliphatic carboxylic acids is 2. The maximum Gasteiger partial charge on any atom is 0.317 e. The van der Waals surface area contributed by atoms with Crippen LogP contribution in [0.4, 0.5) is 0 Å². The predicted molar refractivity (Wildman–Crippen MR) is 45.4 cm³/mol. The van der Waals surface area contributed by atoms with E-state index in [4.69, 9.17) is 15.9 Å². The molecule has 0 aliphatic rings. The second-order valence-corrected chi connectivity index (χ2v) is 2.60. The first-order chi connectivity index (χ1) is 6.06. The molecule has 0 heterocycles. The van der Waals surface area contributed by atoms with Crippen molar-refractivity contribution in [1.29, 1.82) is 0 Å². The van der Waals surface area contributed by atoms with E-state index in [-0.39, 0.29) is 19.5 Å². The van der Waals surface area contributed by atoms with Gasteiger partial charge in [0.25, 0.3) is 0 Å². The van der Waals surface area contributed by atoms with E-state index in [9.17, 15) is 9.59 Å². The molecule has 0 rings (SSSR count). The van der Waals surface area contributed by atoms with Crippen molar-refractivity contribution in [3.63, 3.8) is 0 Å². The fourth-order valence-corrected chi connectivity index (χ4v) is 0.898. The summed E-state index contributed by atoms with van der Waals surface area (Å²) >= 11 is 0. The zero-order valence-corrected chi connectivity index (χ0v) is 7.27. The molecular weight excluding hydrogens is 176 g/mol. The summed E-state index contributed by atoms with van der Waals surface area (Å²) in [6.45, 7) is 0.787. The third kappa shape index (κ3) is 7.23. The molecule has 0 fully saturated rings. The van der Waals surface area contributed by atoms with Gasteiger partial charge in [-0.05, 0) is 0 Å². The molecule has 0 saturated heterocycles. The molecule has 0 saturated carbocycles. The first kappa shape index (κ1) is 11.9. The van der Waals surface area contributed by atoms with E-state index in [2.05, 4.69) is 0 Å². The van der Waals surface area contributed by atoms with Crippen LogP contribution in [0.5, 0.6) is 0 Å². The fourth-order valence-electron chi connectivity index (χ4n) is 0.898. The Hall–Kier alpha value is -1.14. The highest BCUT2D eigenvalue weighted by molar-refractivity contribution is 5.69. The standard InChI is InChI=1S/C7H14N2O4/c8-2-4-9(5-7(12)13)3-1-6(10)11/h1-5,8H2,(H,10,11)(H,12,13). The Kier molecular flexibility index (Phi) is 5.82. The van der Waals surface area contributed by atoms with Gasteiger partial charge in [0.05, 0.1) is 13.0 Å². The molecule has 0 radical (unpaired) electrons. The molecule has 0 amide bonds. The SMILES string of the molecule is NCCN(CCC(=O)O)CC(=O)O. The number of carbonyl (C=O) groups is 2. The Balaban J connectivity index is 3.79. The van der Waals surface area contributed by atoms with Gasteiger partial charge in [-0.2, -0.15) is 0 Å². The van der Waals surface area contributed by atoms with Gasteiger partial charge in [0, 0.05) is 19.6 Å². The molecule has 6 heteroatoms. The van der Waals surface area contributed by atoms with Gasteiger partial charge in [-0.1, -0.05) is 0 Å². The molecule has 0 aliphatic carbocycles. The molecule has 0 aromatic carbocycles. The van der Waals surface area contributed by atoms with Crippen LogP contribution in [0, 0.1) is 0 Å². The first-order valence-electron chi connectivity index (χ1n) is 3.92. The van der Waals surface area contributed by atoms with E-state index in [0.29, 0.717) is 13.1 Å². The predicted octanol–water partition coefficient (Wildman–Crippen LogP) is -1.19. The Morgan fingerprint density at radius 2 is 1.77 bits per heavy atom. The van der Waals surface area contributed by atoms with E-state index in [0.717, 1.165) is 0 Å². The summed E-state index contributed by atoms with van der Waals surface area (Å²) < 4.78 is 0. The minimum absolute atomic E-state index is 0.0622. The van der Waals surface area contributed by atoms with Gasteiger partial charge in [0.2, 0.25) is 0 Å². The number of carboxylic acids is 2. The summed E-state index contributed by atoms with van der Waals surface area (Å²) in [5.74, 6) is -1.91. The van der Waals surface area contributed by atoms with Gasteiger partial charge in [0.1, 0.15) is 0 Å². The monoisotopic (exact) mass is 190 g/mol. The molecule has 0 atom stereocenters. The average Bonchev–Trinajstić information content (AvgIpc) is 1.99. The van der Waals surface area contributed by atoms with Gasteiger partial charge in [-0.15, -0.1) is 0 Å². The first-order valence-corrected chi connectivity index (χ1v) is 3.92. The van der Waals surface area contributed by atoms with Crippen LogP contribution < -0.4 is 5.73 Å². The second kappa shape index (κ2) is 6.38. The lowest BCUT2D eigenvalue weighted by molar-refractivity contribution is -0.141. The lowest BCUT2D eigenvalue weighted by atomic mass is 10.3. The topological polar surface area (TPSA) is 104 Å². The van der Waals surface area contributed by atoms with Crippen molar-refractivity contribution >= 4 is 11.9 Å². The molecule has 0 aromatic heterocycles. The molecule has 4 N–H and O–H groups in total.